The van der Waals surface area contributed by atoms with E-state index < -0.39 is 0 Å². The molecule has 1 aromatic carbocycles. The second-order valence-electron chi connectivity index (χ2n) is 5.97. The molecule has 1 fully saturated rings. The Balaban J connectivity index is 1.76. The van der Waals surface area contributed by atoms with Crippen LogP contribution in [-0.4, -0.2) is 28.5 Å². The molecule has 0 unspecified atom stereocenters. The fraction of sp³-hybridized carbons (Fsp3) is 0.444. The highest BCUT2D eigenvalue weighted by atomic mass is 32.2. The first-order chi connectivity index (χ1) is 11.2. The number of carbonyl (C=O) groups is 1. The van der Waals surface area contributed by atoms with Crippen molar-refractivity contribution in [1.82, 2.24) is 10.2 Å². The molecule has 3 rings (SSSR count). The molecule has 0 spiro atoms. The van der Waals surface area contributed by atoms with E-state index in [0.29, 0.717) is 5.69 Å². The molecule has 1 N–H and O–H groups in total. The van der Waals surface area contributed by atoms with E-state index in [2.05, 4.69) is 22.3 Å². The number of aromatic amines is 1. The highest BCUT2D eigenvalue weighted by Crippen LogP contribution is 2.27. The van der Waals surface area contributed by atoms with Gasteiger partial charge in [0.2, 0.25) is 0 Å². The van der Waals surface area contributed by atoms with Gasteiger partial charge in [0.25, 0.3) is 0 Å². The molecule has 1 aliphatic carbocycles. The Labute approximate surface area is 141 Å². The van der Waals surface area contributed by atoms with Gasteiger partial charge in [-0.25, -0.2) is 4.79 Å². The average Bonchev–Trinajstić information content (AvgIpc) is 2.97. The largest absolute Gasteiger partial charge is 0.458 e. The maximum atomic E-state index is 12.4. The molecule has 1 aromatic heterocycles. The Bertz CT molecular complexity index is 673. The highest BCUT2D eigenvalue weighted by molar-refractivity contribution is 7.98. The summed E-state index contributed by atoms with van der Waals surface area (Å²) in [6.07, 6.45) is 7.59. The number of aromatic nitrogens is 2. The minimum Gasteiger partial charge on any atom is -0.458 e. The van der Waals surface area contributed by atoms with Crippen molar-refractivity contribution in [1.29, 1.82) is 0 Å². The number of H-pyrrole nitrogens is 1. The molecule has 0 aliphatic heterocycles. The molecule has 0 radical (unpaired) electrons. The van der Waals surface area contributed by atoms with E-state index in [1.54, 1.807) is 11.8 Å². The summed E-state index contributed by atoms with van der Waals surface area (Å²) in [5.74, 6) is -0.283. The predicted molar refractivity (Wildman–Crippen MR) is 92.8 cm³/mol. The topological polar surface area (TPSA) is 55.0 Å². The third-order valence-corrected chi connectivity index (χ3v) is 5.15. The van der Waals surface area contributed by atoms with Crippen LogP contribution in [0.15, 0.2) is 29.2 Å². The van der Waals surface area contributed by atoms with Crippen LogP contribution in [0.1, 0.15) is 48.2 Å². The molecule has 4 nitrogen and oxygen atoms in total. The van der Waals surface area contributed by atoms with Gasteiger partial charge >= 0.3 is 5.97 Å². The van der Waals surface area contributed by atoms with Gasteiger partial charge in [0.1, 0.15) is 11.8 Å². The number of esters is 1. The maximum absolute atomic E-state index is 12.4. The van der Waals surface area contributed by atoms with Crippen molar-refractivity contribution in [2.75, 3.05) is 6.26 Å². The third-order valence-electron chi connectivity index (χ3n) is 4.40. The number of thioether (sulfide) groups is 1. The Morgan fingerprint density at radius 1 is 1.22 bits per heavy atom. The first-order valence-electron chi connectivity index (χ1n) is 8.09. The SMILES string of the molecule is CSc1ccc(-c2n[nH]c(C(=O)OC3CCCCC3)c2C)cc1. The van der Waals surface area contributed by atoms with Gasteiger partial charge in [-0.05, 0) is 51.0 Å². The van der Waals surface area contributed by atoms with Gasteiger partial charge < -0.3 is 4.74 Å². The van der Waals surface area contributed by atoms with Gasteiger partial charge in [-0.15, -0.1) is 11.8 Å². The number of rotatable bonds is 4. The van der Waals surface area contributed by atoms with Crippen LogP contribution in [0.25, 0.3) is 11.3 Å². The van der Waals surface area contributed by atoms with Crippen LogP contribution in [-0.2, 0) is 4.74 Å². The quantitative estimate of drug-likeness (QED) is 0.658. The molecule has 1 saturated carbocycles. The van der Waals surface area contributed by atoms with Gasteiger partial charge in [0.05, 0.1) is 5.69 Å². The lowest BCUT2D eigenvalue weighted by Gasteiger charge is -2.21. The molecule has 5 heteroatoms. The molecule has 0 bridgehead atoms. The second kappa shape index (κ2) is 7.21. The van der Waals surface area contributed by atoms with Crippen molar-refractivity contribution in [2.24, 2.45) is 0 Å². The Kier molecular flexibility index (Phi) is 5.06. The number of ether oxygens (including phenoxy) is 1. The lowest BCUT2D eigenvalue weighted by molar-refractivity contribution is 0.0203. The summed E-state index contributed by atoms with van der Waals surface area (Å²) in [4.78, 5) is 13.6. The molecule has 0 saturated heterocycles. The maximum Gasteiger partial charge on any atom is 0.356 e. The standard InChI is InChI=1S/C18H22N2O2S/c1-12-16(13-8-10-15(23-2)11-9-13)19-20-17(12)18(21)22-14-6-4-3-5-7-14/h8-11,14H,3-7H2,1-2H3,(H,19,20). The number of hydrogen-bond acceptors (Lipinski definition) is 4. The molecule has 1 heterocycles. The summed E-state index contributed by atoms with van der Waals surface area (Å²) >= 11 is 1.70. The second-order valence-corrected chi connectivity index (χ2v) is 6.85. The molecule has 122 valence electrons. The molecule has 0 amide bonds. The predicted octanol–water partition coefficient (Wildman–Crippen LogP) is 4.60. The molecule has 2 aromatic rings. The van der Waals surface area contributed by atoms with Gasteiger partial charge in [-0.1, -0.05) is 18.6 Å². The van der Waals surface area contributed by atoms with E-state index in [9.17, 15) is 4.79 Å². The zero-order valence-electron chi connectivity index (χ0n) is 13.6. The van der Waals surface area contributed by atoms with Gasteiger partial charge in [-0.3, -0.25) is 5.10 Å². The van der Waals surface area contributed by atoms with E-state index in [1.165, 1.54) is 11.3 Å². The van der Waals surface area contributed by atoms with Crippen molar-refractivity contribution in [3.8, 4) is 11.3 Å². The van der Waals surface area contributed by atoms with Gasteiger partial charge in [0.15, 0.2) is 0 Å². The molecule has 23 heavy (non-hydrogen) atoms. The Morgan fingerprint density at radius 3 is 2.57 bits per heavy atom. The summed E-state index contributed by atoms with van der Waals surface area (Å²) < 4.78 is 5.63. The van der Waals surface area contributed by atoms with Crippen molar-refractivity contribution in [3.63, 3.8) is 0 Å². The number of hydrogen-bond donors (Lipinski definition) is 1. The van der Waals surface area contributed by atoms with E-state index in [0.717, 1.165) is 42.5 Å². The fourth-order valence-electron chi connectivity index (χ4n) is 3.02. The summed E-state index contributed by atoms with van der Waals surface area (Å²) in [7, 11) is 0. The average molecular weight is 330 g/mol. The smallest absolute Gasteiger partial charge is 0.356 e. The van der Waals surface area contributed by atoms with Gasteiger partial charge in [-0.2, -0.15) is 5.10 Å². The van der Waals surface area contributed by atoms with Crippen LogP contribution in [0, 0.1) is 6.92 Å². The summed E-state index contributed by atoms with van der Waals surface area (Å²) in [6.45, 7) is 1.92. The van der Waals surface area contributed by atoms with Gasteiger partial charge in [0, 0.05) is 16.0 Å². The first kappa shape index (κ1) is 16.1. The molecular weight excluding hydrogens is 308 g/mol. The first-order valence-corrected chi connectivity index (χ1v) is 9.32. The van der Waals surface area contributed by atoms with E-state index in [4.69, 9.17) is 4.74 Å². The Morgan fingerprint density at radius 2 is 1.91 bits per heavy atom. The summed E-state index contributed by atoms with van der Waals surface area (Å²) in [5.41, 5.74) is 3.14. The number of nitrogens with one attached hydrogen (secondary N) is 1. The van der Waals surface area contributed by atoms with Crippen LogP contribution in [0.5, 0.6) is 0 Å². The van der Waals surface area contributed by atoms with Crippen molar-refractivity contribution < 1.29 is 9.53 Å². The normalized spacial score (nSPS) is 15.6. The van der Waals surface area contributed by atoms with Crippen LogP contribution in [0.2, 0.25) is 0 Å². The number of carbonyl (C=O) groups excluding carboxylic acids is 1. The van der Waals surface area contributed by atoms with Crippen LogP contribution in [0.3, 0.4) is 0 Å². The highest BCUT2D eigenvalue weighted by Gasteiger charge is 2.23. The minimum atomic E-state index is -0.283. The minimum absolute atomic E-state index is 0.0586. The van der Waals surface area contributed by atoms with E-state index >= 15 is 0 Å². The Hall–Kier alpha value is -1.75. The molecular formula is C18H22N2O2S. The monoisotopic (exact) mass is 330 g/mol. The van der Waals surface area contributed by atoms with Crippen molar-refractivity contribution in [2.45, 2.75) is 50.0 Å². The van der Waals surface area contributed by atoms with Crippen LogP contribution < -0.4 is 0 Å². The lowest BCUT2D eigenvalue weighted by Crippen LogP contribution is -2.21. The summed E-state index contributed by atoms with van der Waals surface area (Å²) in [6, 6.07) is 8.19. The molecule has 1 aliphatic rings. The third kappa shape index (κ3) is 3.61. The van der Waals surface area contributed by atoms with Crippen LogP contribution in [0.4, 0.5) is 0 Å². The lowest BCUT2D eigenvalue weighted by atomic mass is 9.98. The van der Waals surface area contributed by atoms with Crippen molar-refractivity contribution in [3.05, 3.63) is 35.5 Å². The zero-order chi connectivity index (χ0) is 16.2. The number of benzene rings is 1. The zero-order valence-corrected chi connectivity index (χ0v) is 14.4. The summed E-state index contributed by atoms with van der Waals surface area (Å²) in [5, 5.41) is 7.18. The van der Waals surface area contributed by atoms with Crippen LogP contribution >= 0.6 is 11.8 Å². The van der Waals surface area contributed by atoms with Crippen molar-refractivity contribution >= 4 is 17.7 Å². The number of nitrogens with zero attached hydrogens (tertiary/aromatic N) is 1. The fourth-order valence-corrected chi connectivity index (χ4v) is 3.43. The van der Waals surface area contributed by atoms with E-state index in [-0.39, 0.29) is 12.1 Å². The molecule has 0 atom stereocenters. The van der Waals surface area contributed by atoms with E-state index in [1.807, 2.05) is 25.3 Å².